The van der Waals surface area contributed by atoms with Crippen LogP contribution in [0.25, 0.3) is 6.08 Å². The molecule has 3 rings (SSSR count). The molecule has 0 spiro atoms. The molecular weight excluding hydrogens is 489 g/mol. The summed E-state index contributed by atoms with van der Waals surface area (Å²) in [7, 11) is 0. The molecule has 0 bridgehead atoms. The zero-order chi connectivity index (χ0) is 22.5. The Bertz CT molecular complexity index is 1060. The van der Waals surface area contributed by atoms with Crippen LogP contribution in [0, 0.1) is 5.82 Å². The Balaban J connectivity index is 1.80. The van der Waals surface area contributed by atoms with Crippen LogP contribution in [0.4, 0.5) is 9.18 Å². The summed E-state index contributed by atoms with van der Waals surface area (Å²) in [4.78, 5) is 37.8. The molecule has 0 aromatic heterocycles. The highest BCUT2D eigenvalue weighted by Gasteiger charge is 2.37. The van der Waals surface area contributed by atoms with Crippen LogP contribution in [0.2, 0.25) is 0 Å². The lowest BCUT2D eigenvalue weighted by atomic mass is 10.1. The summed E-state index contributed by atoms with van der Waals surface area (Å²) in [6.45, 7) is 2.91. The van der Waals surface area contributed by atoms with Crippen LogP contribution in [0.3, 0.4) is 0 Å². The largest absolute Gasteiger partial charge is 0.488 e. The predicted octanol–water partition coefficient (Wildman–Crippen LogP) is 5.16. The van der Waals surface area contributed by atoms with Gasteiger partial charge in [-0.15, -0.1) is 0 Å². The third-order valence-electron chi connectivity index (χ3n) is 4.13. The third kappa shape index (κ3) is 5.95. The van der Waals surface area contributed by atoms with E-state index in [4.69, 9.17) is 9.47 Å². The van der Waals surface area contributed by atoms with E-state index in [9.17, 15) is 18.8 Å². The highest BCUT2D eigenvalue weighted by Crippen LogP contribution is 2.35. The number of rotatable bonds is 7. The second kappa shape index (κ2) is 10.1. The minimum absolute atomic E-state index is 0.00231. The molecule has 9 heteroatoms. The van der Waals surface area contributed by atoms with Gasteiger partial charge in [-0.2, -0.15) is 0 Å². The number of nitrogens with zero attached hydrogens (tertiary/aromatic N) is 1. The number of hydrogen-bond donors (Lipinski definition) is 0. The molecule has 0 radical (unpaired) electrons. The van der Waals surface area contributed by atoms with Crippen molar-refractivity contribution in [2.24, 2.45) is 0 Å². The number of benzene rings is 2. The van der Waals surface area contributed by atoms with Crippen LogP contribution >= 0.6 is 27.7 Å². The fourth-order valence-corrected chi connectivity index (χ4v) is 3.95. The molecule has 0 N–H and O–H groups in total. The van der Waals surface area contributed by atoms with Gasteiger partial charge in [0.15, 0.2) is 0 Å². The lowest BCUT2D eigenvalue weighted by molar-refractivity contribution is -0.149. The summed E-state index contributed by atoms with van der Waals surface area (Å²) in [6.07, 6.45) is 1.17. The quantitative estimate of drug-likeness (QED) is 0.380. The van der Waals surface area contributed by atoms with Crippen LogP contribution in [-0.4, -0.2) is 34.7 Å². The first-order valence-corrected chi connectivity index (χ1v) is 11.0. The fraction of sp³-hybridized carbons (Fsp3) is 0.227. The number of esters is 1. The highest BCUT2D eigenvalue weighted by molar-refractivity contribution is 9.10. The van der Waals surface area contributed by atoms with E-state index in [2.05, 4.69) is 15.9 Å². The van der Waals surface area contributed by atoms with Crippen molar-refractivity contribution in [3.63, 3.8) is 0 Å². The summed E-state index contributed by atoms with van der Waals surface area (Å²) in [5.41, 5.74) is 0.918. The molecule has 2 aromatic carbocycles. The molecule has 1 heterocycles. The van der Waals surface area contributed by atoms with E-state index in [0.717, 1.165) is 21.1 Å². The molecule has 0 aliphatic carbocycles. The van der Waals surface area contributed by atoms with Crippen molar-refractivity contribution in [1.29, 1.82) is 0 Å². The Labute approximate surface area is 191 Å². The molecule has 1 aliphatic heterocycles. The van der Waals surface area contributed by atoms with Gasteiger partial charge < -0.3 is 9.47 Å². The van der Waals surface area contributed by atoms with Crippen LogP contribution in [-0.2, 0) is 20.9 Å². The maximum atomic E-state index is 13.9. The molecule has 2 aromatic rings. The summed E-state index contributed by atoms with van der Waals surface area (Å²) in [5.74, 6) is -1.21. The van der Waals surface area contributed by atoms with Crippen molar-refractivity contribution in [3.8, 4) is 5.75 Å². The van der Waals surface area contributed by atoms with Crippen LogP contribution in [0.5, 0.6) is 5.75 Å². The van der Waals surface area contributed by atoms with E-state index in [1.807, 2.05) is 0 Å². The fourth-order valence-electron chi connectivity index (χ4n) is 2.74. The van der Waals surface area contributed by atoms with Crippen molar-refractivity contribution < 1.29 is 28.2 Å². The van der Waals surface area contributed by atoms with Gasteiger partial charge in [0.1, 0.15) is 24.7 Å². The zero-order valence-electron chi connectivity index (χ0n) is 16.8. The number of carbonyl (C=O) groups is 3. The molecule has 0 unspecified atom stereocenters. The third-order valence-corrected chi connectivity index (χ3v) is 5.53. The zero-order valence-corrected chi connectivity index (χ0v) is 19.2. The molecule has 31 heavy (non-hydrogen) atoms. The number of halogens is 2. The van der Waals surface area contributed by atoms with Crippen molar-refractivity contribution in [3.05, 3.63) is 68.8 Å². The Morgan fingerprint density at radius 3 is 2.68 bits per heavy atom. The van der Waals surface area contributed by atoms with E-state index >= 15 is 0 Å². The van der Waals surface area contributed by atoms with Crippen LogP contribution < -0.4 is 4.74 Å². The Kier molecular flexibility index (Phi) is 7.50. The molecule has 1 fully saturated rings. The Morgan fingerprint density at radius 1 is 1.23 bits per heavy atom. The minimum Gasteiger partial charge on any atom is -0.488 e. The summed E-state index contributed by atoms with van der Waals surface area (Å²) in [6, 6.07) is 11.4. The van der Waals surface area contributed by atoms with Gasteiger partial charge in [-0.25, -0.2) is 4.39 Å². The lowest BCUT2D eigenvalue weighted by Gasteiger charge is -2.13. The average Bonchev–Trinajstić information content (AvgIpc) is 2.95. The highest BCUT2D eigenvalue weighted by atomic mass is 79.9. The number of hydrogen-bond acceptors (Lipinski definition) is 6. The van der Waals surface area contributed by atoms with E-state index in [1.165, 1.54) is 12.1 Å². The number of ether oxygens (including phenoxy) is 2. The van der Waals surface area contributed by atoms with Crippen molar-refractivity contribution in [2.75, 3.05) is 6.54 Å². The van der Waals surface area contributed by atoms with Gasteiger partial charge >= 0.3 is 5.97 Å². The second-order valence-corrected chi connectivity index (χ2v) is 8.78. The molecule has 1 saturated heterocycles. The van der Waals surface area contributed by atoms with Gasteiger partial charge in [0, 0.05) is 15.6 Å². The number of carbonyl (C=O) groups excluding carboxylic acids is 3. The van der Waals surface area contributed by atoms with E-state index < -0.39 is 23.7 Å². The number of amides is 2. The smallest absolute Gasteiger partial charge is 0.326 e. The first-order chi connectivity index (χ1) is 14.7. The SMILES string of the molecule is CC(C)OC(=O)CN1C(=O)S/C(=C/c2cc(Br)ccc2OCc2ccccc2F)C1=O. The maximum Gasteiger partial charge on any atom is 0.326 e. The first kappa shape index (κ1) is 23.0. The van der Waals surface area contributed by atoms with Gasteiger partial charge in [-0.1, -0.05) is 34.1 Å². The standard InChI is InChI=1S/C22H19BrFNO5S/c1-13(2)30-20(26)11-25-21(27)19(31-22(25)28)10-15-9-16(23)7-8-18(15)29-12-14-5-3-4-6-17(14)24/h3-10,13H,11-12H2,1-2H3/b19-10+. The van der Waals surface area contributed by atoms with Gasteiger partial charge in [0.25, 0.3) is 11.1 Å². The Hall–Kier alpha value is -2.65. The summed E-state index contributed by atoms with van der Waals surface area (Å²) in [5, 5.41) is -0.555. The molecule has 162 valence electrons. The summed E-state index contributed by atoms with van der Waals surface area (Å²) >= 11 is 4.10. The molecule has 0 atom stereocenters. The van der Waals surface area contributed by atoms with E-state index in [-0.39, 0.29) is 23.4 Å². The average molecular weight is 508 g/mol. The van der Waals surface area contributed by atoms with Crippen molar-refractivity contribution in [1.82, 2.24) is 4.90 Å². The van der Waals surface area contributed by atoms with Crippen LogP contribution in [0.1, 0.15) is 25.0 Å². The topological polar surface area (TPSA) is 72.9 Å². The normalized spacial score (nSPS) is 15.1. The van der Waals surface area contributed by atoms with Gasteiger partial charge in [0.05, 0.1) is 11.0 Å². The maximum absolute atomic E-state index is 13.9. The van der Waals surface area contributed by atoms with E-state index in [1.54, 1.807) is 50.2 Å². The van der Waals surface area contributed by atoms with Crippen LogP contribution in [0.15, 0.2) is 51.8 Å². The summed E-state index contributed by atoms with van der Waals surface area (Å²) < 4.78 is 25.4. The Morgan fingerprint density at radius 2 is 1.97 bits per heavy atom. The van der Waals surface area contributed by atoms with Gasteiger partial charge in [-0.3, -0.25) is 19.3 Å². The van der Waals surface area contributed by atoms with E-state index in [0.29, 0.717) is 16.9 Å². The second-order valence-electron chi connectivity index (χ2n) is 6.87. The van der Waals surface area contributed by atoms with Crippen molar-refractivity contribution >= 4 is 50.9 Å². The number of imide groups is 1. The molecule has 0 saturated carbocycles. The van der Waals surface area contributed by atoms with Crippen molar-refractivity contribution in [2.45, 2.75) is 26.6 Å². The molecule has 1 aliphatic rings. The predicted molar refractivity (Wildman–Crippen MR) is 119 cm³/mol. The number of thioether (sulfide) groups is 1. The molecule has 2 amide bonds. The minimum atomic E-state index is -0.657. The molecule has 6 nitrogen and oxygen atoms in total. The van der Waals surface area contributed by atoms with Gasteiger partial charge in [0.2, 0.25) is 0 Å². The van der Waals surface area contributed by atoms with Gasteiger partial charge in [-0.05, 0) is 56.0 Å². The molecular formula is C22H19BrFNO5S. The first-order valence-electron chi connectivity index (χ1n) is 9.35. The lowest BCUT2D eigenvalue weighted by Crippen LogP contribution is -2.35. The monoisotopic (exact) mass is 507 g/mol.